The number of aromatic nitrogens is 2. The van der Waals surface area contributed by atoms with Crippen LogP contribution in [-0.4, -0.2) is 34.2 Å². The fourth-order valence-electron chi connectivity index (χ4n) is 3.45. The minimum atomic E-state index is -4.43. The third kappa shape index (κ3) is 4.84. The number of anilines is 1. The number of nitrogens with one attached hydrogen (secondary N) is 1. The number of hydrogen-bond acceptors (Lipinski definition) is 4. The summed E-state index contributed by atoms with van der Waals surface area (Å²) < 4.78 is 56.8. The van der Waals surface area contributed by atoms with Crippen LogP contribution in [-0.2, 0) is 6.18 Å². The Bertz CT molecular complexity index is 1070. The third-order valence-electron chi connectivity index (χ3n) is 5.05. The highest BCUT2D eigenvalue weighted by atomic mass is 19.4. The monoisotopic (exact) mass is 434 g/mol. The largest absolute Gasteiger partial charge is 0.416 e. The van der Waals surface area contributed by atoms with Gasteiger partial charge in [-0.15, -0.1) is 0 Å². The summed E-state index contributed by atoms with van der Waals surface area (Å²) in [4.78, 5) is 18.5. The molecular formula is C21H18F4N4O2. The number of amides is 2. The molecule has 2 heterocycles. The van der Waals surface area contributed by atoms with Gasteiger partial charge in [0.25, 0.3) is 0 Å². The number of piperidine rings is 1. The number of rotatable bonds is 3. The van der Waals surface area contributed by atoms with Gasteiger partial charge in [-0.1, -0.05) is 17.3 Å². The van der Waals surface area contributed by atoms with Crippen LogP contribution in [0.3, 0.4) is 0 Å². The molecule has 4 rings (SSSR count). The van der Waals surface area contributed by atoms with E-state index in [1.54, 1.807) is 17.0 Å². The number of urea groups is 1. The van der Waals surface area contributed by atoms with Crippen LogP contribution in [0.1, 0.15) is 30.2 Å². The van der Waals surface area contributed by atoms with Crippen LogP contribution in [0.5, 0.6) is 0 Å². The maximum absolute atomic E-state index is 13.4. The summed E-state index contributed by atoms with van der Waals surface area (Å²) in [5.74, 6) is 0.0154. The van der Waals surface area contributed by atoms with Crippen LogP contribution in [0, 0.1) is 5.82 Å². The lowest BCUT2D eigenvalue weighted by atomic mass is 9.98. The van der Waals surface area contributed by atoms with Gasteiger partial charge in [0.15, 0.2) is 0 Å². The number of carbonyl (C=O) groups excluding carboxylic acids is 1. The van der Waals surface area contributed by atoms with Crippen molar-refractivity contribution in [3.05, 3.63) is 65.8 Å². The van der Waals surface area contributed by atoms with Crippen molar-refractivity contribution < 1.29 is 26.9 Å². The van der Waals surface area contributed by atoms with Gasteiger partial charge in [0.1, 0.15) is 5.82 Å². The predicted molar refractivity (Wildman–Crippen MR) is 104 cm³/mol. The molecule has 2 aromatic carbocycles. The first kappa shape index (κ1) is 20.8. The summed E-state index contributed by atoms with van der Waals surface area (Å²) in [6.07, 6.45) is -3.01. The van der Waals surface area contributed by atoms with Crippen LogP contribution in [0.2, 0.25) is 0 Å². The lowest BCUT2D eigenvalue weighted by Gasteiger charge is -2.31. The average Bonchev–Trinajstić information content (AvgIpc) is 3.24. The van der Waals surface area contributed by atoms with Crippen LogP contribution in [0.15, 0.2) is 53.1 Å². The maximum Gasteiger partial charge on any atom is 0.416 e. The molecule has 0 aliphatic carbocycles. The highest BCUT2D eigenvalue weighted by Gasteiger charge is 2.31. The van der Waals surface area contributed by atoms with Crippen molar-refractivity contribution in [2.75, 3.05) is 18.4 Å². The number of alkyl halides is 3. The molecule has 1 unspecified atom stereocenters. The Morgan fingerprint density at radius 1 is 1.16 bits per heavy atom. The zero-order chi connectivity index (χ0) is 22.0. The van der Waals surface area contributed by atoms with Gasteiger partial charge in [-0.3, -0.25) is 0 Å². The molecule has 2 amide bonds. The van der Waals surface area contributed by atoms with E-state index in [2.05, 4.69) is 15.5 Å². The van der Waals surface area contributed by atoms with E-state index in [1.807, 2.05) is 0 Å². The van der Waals surface area contributed by atoms with Crippen LogP contribution in [0.25, 0.3) is 11.4 Å². The fourth-order valence-corrected chi connectivity index (χ4v) is 3.45. The molecule has 31 heavy (non-hydrogen) atoms. The second-order valence-corrected chi connectivity index (χ2v) is 7.26. The molecule has 1 fully saturated rings. The van der Waals surface area contributed by atoms with Gasteiger partial charge >= 0.3 is 12.2 Å². The molecule has 162 valence electrons. The van der Waals surface area contributed by atoms with Gasteiger partial charge in [0.2, 0.25) is 11.7 Å². The fraction of sp³-hybridized carbons (Fsp3) is 0.286. The van der Waals surface area contributed by atoms with Crippen molar-refractivity contribution >= 4 is 11.7 Å². The zero-order valence-electron chi connectivity index (χ0n) is 16.2. The van der Waals surface area contributed by atoms with E-state index >= 15 is 0 Å². The molecule has 1 aliphatic rings. The number of carbonyl (C=O) groups is 1. The molecule has 1 atom stereocenters. The Hall–Kier alpha value is -3.43. The van der Waals surface area contributed by atoms with Crippen molar-refractivity contribution in [2.24, 2.45) is 0 Å². The highest BCUT2D eigenvalue weighted by molar-refractivity contribution is 5.89. The Morgan fingerprint density at radius 2 is 1.94 bits per heavy atom. The molecule has 10 heteroatoms. The molecule has 0 radical (unpaired) electrons. The molecular weight excluding hydrogens is 416 g/mol. The van der Waals surface area contributed by atoms with Gasteiger partial charge < -0.3 is 14.7 Å². The SMILES string of the molecule is O=C(Nc1ccc(C(F)(F)F)cc1)N1CCCC(c2nc(-c3cccc(F)c3)no2)C1. The maximum atomic E-state index is 13.4. The topological polar surface area (TPSA) is 71.3 Å². The van der Waals surface area contributed by atoms with Crippen LogP contribution >= 0.6 is 0 Å². The summed E-state index contributed by atoms with van der Waals surface area (Å²) in [5.41, 5.74) is -0.0250. The minimum Gasteiger partial charge on any atom is -0.339 e. The van der Waals surface area contributed by atoms with E-state index in [-0.39, 0.29) is 17.4 Å². The number of halogens is 4. The van der Waals surface area contributed by atoms with Gasteiger partial charge in [-0.2, -0.15) is 18.2 Å². The summed E-state index contributed by atoms with van der Waals surface area (Å²) in [7, 11) is 0. The van der Waals surface area contributed by atoms with Gasteiger partial charge in [-0.05, 0) is 49.2 Å². The first-order chi connectivity index (χ1) is 14.8. The Kier molecular flexibility index (Phi) is 5.62. The quantitative estimate of drug-likeness (QED) is 0.568. The van der Waals surface area contributed by atoms with Gasteiger partial charge in [0, 0.05) is 24.3 Å². The minimum absolute atomic E-state index is 0.193. The van der Waals surface area contributed by atoms with E-state index in [4.69, 9.17) is 4.52 Å². The molecule has 0 spiro atoms. The van der Waals surface area contributed by atoms with E-state index in [9.17, 15) is 22.4 Å². The van der Waals surface area contributed by atoms with E-state index in [0.29, 0.717) is 31.0 Å². The molecule has 1 aliphatic heterocycles. The summed E-state index contributed by atoms with van der Waals surface area (Å²) >= 11 is 0. The molecule has 1 saturated heterocycles. The average molecular weight is 434 g/mol. The van der Waals surface area contributed by atoms with Crippen molar-refractivity contribution in [3.63, 3.8) is 0 Å². The lowest BCUT2D eigenvalue weighted by Crippen LogP contribution is -2.41. The summed E-state index contributed by atoms with van der Waals surface area (Å²) in [5, 5.41) is 6.52. The molecule has 0 bridgehead atoms. The van der Waals surface area contributed by atoms with Crippen molar-refractivity contribution in [2.45, 2.75) is 24.9 Å². The third-order valence-corrected chi connectivity index (χ3v) is 5.05. The molecule has 1 aromatic heterocycles. The van der Waals surface area contributed by atoms with E-state index in [0.717, 1.165) is 18.6 Å². The zero-order valence-corrected chi connectivity index (χ0v) is 16.2. The van der Waals surface area contributed by atoms with E-state index in [1.165, 1.54) is 24.3 Å². The van der Waals surface area contributed by atoms with Crippen LogP contribution < -0.4 is 5.32 Å². The standard InChI is InChI=1S/C21H18F4N4O2/c22-16-5-1-3-13(11-16)18-27-19(31-28-18)14-4-2-10-29(12-14)20(30)26-17-8-6-15(7-9-17)21(23,24)25/h1,3,5-9,11,14H,2,4,10,12H2,(H,26,30). The first-order valence-electron chi connectivity index (χ1n) is 9.62. The van der Waals surface area contributed by atoms with E-state index < -0.39 is 23.6 Å². The van der Waals surface area contributed by atoms with Crippen molar-refractivity contribution in [1.29, 1.82) is 0 Å². The van der Waals surface area contributed by atoms with Gasteiger partial charge in [-0.25, -0.2) is 9.18 Å². The normalized spacial score (nSPS) is 16.9. The summed E-state index contributed by atoms with van der Waals surface area (Å²) in [6.45, 7) is 0.811. The highest BCUT2D eigenvalue weighted by Crippen LogP contribution is 2.31. The predicted octanol–water partition coefficient (Wildman–Crippen LogP) is 5.31. The molecule has 6 nitrogen and oxygen atoms in total. The second kappa shape index (κ2) is 8.37. The van der Waals surface area contributed by atoms with Crippen molar-refractivity contribution in [3.8, 4) is 11.4 Å². The second-order valence-electron chi connectivity index (χ2n) is 7.26. The Balaban J connectivity index is 1.41. The Labute approximate surface area is 174 Å². The number of benzene rings is 2. The summed E-state index contributed by atoms with van der Waals surface area (Å²) in [6, 6.07) is 9.68. The first-order valence-corrected chi connectivity index (χ1v) is 9.62. The molecule has 0 saturated carbocycles. The molecule has 3 aromatic rings. The number of nitrogens with zero attached hydrogens (tertiary/aromatic N) is 3. The van der Waals surface area contributed by atoms with Gasteiger partial charge in [0.05, 0.1) is 11.5 Å². The van der Waals surface area contributed by atoms with Crippen LogP contribution in [0.4, 0.5) is 28.0 Å². The Morgan fingerprint density at radius 3 is 2.65 bits per heavy atom. The van der Waals surface area contributed by atoms with Crippen molar-refractivity contribution in [1.82, 2.24) is 15.0 Å². The number of hydrogen-bond donors (Lipinski definition) is 1. The lowest BCUT2D eigenvalue weighted by molar-refractivity contribution is -0.137. The molecule has 1 N–H and O–H groups in total. The smallest absolute Gasteiger partial charge is 0.339 e. The number of likely N-dealkylation sites (tertiary alicyclic amines) is 1.